The minimum Gasteiger partial charge on any atom is -0.480 e. The number of hydrogen-bond acceptors (Lipinski definition) is 4. The highest BCUT2D eigenvalue weighted by Gasteiger charge is 2.18. The molecule has 0 fully saturated rings. The molecule has 1 rings (SSSR count). The number of carboxylic acids is 2. The molecule has 8 nitrogen and oxygen atoms in total. The van der Waals surface area contributed by atoms with Gasteiger partial charge in [0.05, 0.1) is 0 Å². The Labute approximate surface area is 90.2 Å². The van der Waals surface area contributed by atoms with Crippen LogP contribution in [0.1, 0.15) is 0 Å². The molecule has 0 spiro atoms. The lowest BCUT2D eigenvalue weighted by molar-refractivity contribution is -0.140. The molecule has 0 atom stereocenters. The third kappa shape index (κ3) is 3.08. The number of carboxylic acid groups (broad SMARTS) is 2. The highest BCUT2D eigenvalue weighted by Crippen LogP contribution is 1.94. The van der Waals surface area contributed by atoms with Crippen LogP contribution in [0.15, 0.2) is 18.5 Å². The monoisotopic (exact) mass is 226 g/mol. The van der Waals surface area contributed by atoms with E-state index >= 15 is 0 Å². The summed E-state index contributed by atoms with van der Waals surface area (Å²) in [6, 6.07) is 1.55. The van der Waals surface area contributed by atoms with E-state index in [-0.39, 0.29) is 5.96 Å². The fourth-order valence-electron chi connectivity index (χ4n) is 1.07. The summed E-state index contributed by atoms with van der Waals surface area (Å²) < 4.78 is 1.09. The molecule has 0 saturated carbocycles. The van der Waals surface area contributed by atoms with Crippen molar-refractivity contribution < 1.29 is 19.8 Å². The molecular weight excluding hydrogens is 216 g/mol. The fraction of sp³-hybridized carbons (Fsp3) is 0.250. The Hall–Kier alpha value is -2.38. The zero-order chi connectivity index (χ0) is 12.1. The van der Waals surface area contributed by atoms with Crippen LogP contribution >= 0.6 is 0 Å². The van der Waals surface area contributed by atoms with Gasteiger partial charge in [-0.25, -0.2) is 4.68 Å². The van der Waals surface area contributed by atoms with E-state index in [1.54, 1.807) is 6.07 Å². The quantitative estimate of drug-likeness (QED) is 0.453. The van der Waals surface area contributed by atoms with Gasteiger partial charge in [-0.3, -0.25) is 15.0 Å². The Balaban J connectivity index is 2.79. The lowest BCUT2D eigenvalue weighted by Crippen LogP contribution is -2.42. The first-order chi connectivity index (χ1) is 7.50. The summed E-state index contributed by atoms with van der Waals surface area (Å²) in [5.41, 5.74) is 0. The Morgan fingerprint density at radius 3 is 2.25 bits per heavy atom. The van der Waals surface area contributed by atoms with Gasteiger partial charge in [-0.15, -0.1) is 0 Å². The van der Waals surface area contributed by atoms with Crippen molar-refractivity contribution in [3.05, 3.63) is 18.5 Å². The zero-order valence-electron chi connectivity index (χ0n) is 8.20. The Kier molecular flexibility index (Phi) is 3.59. The van der Waals surface area contributed by atoms with E-state index in [0.29, 0.717) is 0 Å². The summed E-state index contributed by atoms with van der Waals surface area (Å²) in [4.78, 5) is 21.9. The normalized spacial score (nSPS) is 9.75. The van der Waals surface area contributed by atoms with E-state index < -0.39 is 25.0 Å². The first-order valence-corrected chi connectivity index (χ1v) is 4.28. The third-order valence-corrected chi connectivity index (χ3v) is 1.67. The lowest BCUT2D eigenvalue weighted by atomic mass is 10.5. The highest BCUT2D eigenvalue weighted by atomic mass is 16.4. The standard InChI is InChI=1S/C8H10N4O4/c9-8(12-3-1-2-10-12)11(4-6(13)14)5-7(15)16/h1-3,9H,4-5H2,(H,13,14)(H,15,16). The van der Waals surface area contributed by atoms with Gasteiger partial charge in [-0.05, 0) is 6.07 Å². The highest BCUT2D eigenvalue weighted by molar-refractivity contribution is 5.86. The molecule has 0 aliphatic carbocycles. The predicted octanol–water partition coefficient (Wildman–Crippen LogP) is -0.863. The average Bonchev–Trinajstić information content (AvgIpc) is 2.66. The minimum atomic E-state index is -1.21. The van der Waals surface area contributed by atoms with Gasteiger partial charge in [-0.2, -0.15) is 5.10 Å². The Morgan fingerprint density at radius 1 is 1.31 bits per heavy atom. The molecule has 0 aliphatic rings. The summed E-state index contributed by atoms with van der Waals surface area (Å²) in [6.45, 7) is -1.13. The molecule has 0 saturated heterocycles. The van der Waals surface area contributed by atoms with E-state index in [9.17, 15) is 9.59 Å². The van der Waals surface area contributed by atoms with Crippen molar-refractivity contribution in [1.82, 2.24) is 14.7 Å². The number of carbonyl (C=O) groups is 2. The van der Waals surface area contributed by atoms with Crippen LogP contribution < -0.4 is 0 Å². The predicted molar refractivity (Wildman–Crippen MR) is 52.2 cm³/mol. The Bertz CT molecular complexity index is 384. The smallest absolute Gasteiger partial charge is 0.323 e. The van der Waals surface area contributed by atoms with Crippen molar-refractivity contribution in [2.24, 2.45) is 0 Å². The molecule has 0 aromatic carbocycles. The van der Waals surface area contributed by atoms with E-state index in [1.807, 2.05) is 0 Å². The fourth-order valence-corrected chi connectivity index (χ4v) is 1.07. The second kappa shape index (κ2) is 4.91. The van der Waals surface area contributed by atoms with Gasteiger partial charge in [0.25, 0.3) is 0 Å². The van der Waals surface area contributed by atoms with Gasteiger partial charge in [0.15, 0.2) is 0 Å². The van der Waals surface area contributed by atoms with Crippen LogP contribution in [0.25, 0.3) is 0 Å². The molecular formula is C8H10N4O4. The van der Waals surface area contributed by atoms with Gasteiger partial charge in [0.1, 0.15) is 13.1 Å². The molecule has 0 bridgehead atoms. The lowest BCUT2D eigenvalue weighted by Gasteiger charge is -2.20. The van der Waals surface area contributed by atoms with Gasteiger partial charge in [0.2, 0.25) is 5.96 Å². The zero-order valence-corrected chi connectivity index (χ0v) is 8.20. The number of rotatable bonds is 4. The largest absolute Gasteiger partial charge is 0.480 e. The van der Waals surface area contributed by atoms with Gasteiger partial charge in [0, 0.05) is 12.4 Å². The molecule has 86 valence electrons. The number of nitrogens with one attached hydrogen (secondary N) is 1. The molecule has 0 amide bonds. The van der Waals surface area contributed by atoms with Crippen LogP contribution in [0.4, 0.5) is 0 Å². The van der Waals surface area contributed by atoms with Crippen molar-refractivity contribution in [3.63, 3.8) is 0 Å². The van der Waals surface area contributed by atoms with Crippen molar-refractivity contribution in [2.75, 3.05) is 13.1 Å². The molecule has 16 heavy (non-hydrogen) atoms. The van der Waals surface area contributed by atoms with Crippen LogP contribution in [0.2, 0.25) is 0 Å². The van der Waals surface area contributed by atoms with Crippen LogP contribution in [0.3, 0.4) is 0 Å². The van der Waals surface area contributed by atoms with Crippen LogP contribution in [0.5, 0.6) is 0 Å². The molecule has 1 aromatic heterocycles. The molecule has 1 aromatic rings. The van der Waals surface area contributed by atoms with Crippen LogP contribution in [-0.2, 0) is 9.59 Å². The summed E-state index contributed by atoms with van der Waals surface area (Å²) in [5.74, 6) is -2.72. The molecule has 3 N–H and O–H groups in total. The molecule has 0 aliphatic heterocycles. The maximum absolute atomic E-state index is 10.5. The van der Waals surface area contributed by atoms with Crippen molar-refractivity contribution in [1.29, 1.82) is 5.41 Å². The van der Waals surface area contributed by atoms with E-state index in [1.165, 1.54) is 12.4 Å². The van der Waals surface area contributed by atoms with E-state index in [0.717, 1.165) is 9.58 Å². The average molecular weight is 226 g/mol. The first-order valence-electron chi connectivity index (χ1n) is 4.28. The third-order valence-electron chi connectivity index (χ3n) is 1.67. The van der Waals surface area contributed by atoms with E-state index in [4.69, 9.17) is 15.6 Å². The summed E-state index contributed by atoms with van der Waals surface area (Å²) in [6.07, 6.45) is 2.84. The SMILES string of the molecule is N=C(N(CC(=O)O)CC(=O)O)n1cccn1. The van der Waals surface area contributed by atoms with E-state index in [2.05, 4.69) is 5.10 Å². The summed E-state index contributed by atoms with van der Waals surface area (Å²) in [5, 5.41) is 28.5. The first kappa shape index (κ1) is 11.7. The van der Waals surface area contributed by atoms with Gasteiger partial charge < -0.3 is 15.1 Å². The summed E-state index contributed by atoms with van der Waals surface area (Å²) in [7, 11) is 0. The van der Waals surface area contributed by atoms with Crippen molar-refractivity contribution in [2.45, 2.75) is 0 Å². The van der Waals surface area contributed by atoms with Crippen LogP contribution in [0, 0.1) is 5.41 Å². The summed E-state index contributed by atoms with van der Waals surface area (Å²) >= 11 is 0. The number of nitrogens with zero attached hydrogens (tertiary/aromatic N) is 3. The van der Waals surface area contributed by atoms with Crippen LogP contribution in [-0.4, -0.2) is 55.9 Å². The van der Waals surface area contributed by atoms with Gasteiger partial charge >= 0.3 is 11.9 Å². The van der Waals surface area contributed by atoms with Crippen molar-refractivity contribution in [3.8, 4) is 0 Å². The number of aliphatic carboxylic acids is 2. The van der Waals surface area contributed by atoms with Crippen molar-refractivity contribution >= 4 is 17.9 Å². The molecule has 1 heterocycles. The molecule has 0 unspecified atom stereocenters. The number of aromatic nitrogens is 2. The maximum Gasteiger partial charge on any atom is 0.323 e. The molecule has 8 heteroatoms. The second-order valence-electron chi connectivity index (χ2n) is 2.92. The minimum absolute atomic E-state index is 0.296. The second-order valence-corrected chi connectivity index (χ2v) is 2.92. The van der Waals surface area contributed by atoms with Gasteiger partial charge in [-0.1, -0.05) is 0 Å². The maximum atomic E-state index is 10.5. The molecule has 0 radical (unpaired) electrons. The topological polar surface area (TPSA) is 120 Å². The number of hydrogen-bond donors (Lipinski definition) is 3. The Morgan fingerprint density at radius 2 is 1.88 bits per heavy atom.